The fourth-order valence-corrected chi connectivity index (χ4v) is 2.51. The van der Waals surface area contributed by atoms with Crippen molar-refractivity contribution in [2.24, 2.45) is 5.73 Å². The van der Waals surface area contributed by atoms with E-state index in [2.05, 4.69) is 0 Å². The molecule has 1 aromatic rings. The van der Waals surface area contributed by atoms with Crippen molar-refractivity contribution in [2.75, 3.05) is 12.6 Å². The molecule has 0 saturated carbocycles. The molecule has 0 aliphatic heterocycles. The summed E-state index contributed by atoms with van der Waals surface area (Å²) in [6.07, 6.45) is 2.59. The lowest BCUT2D eigenvalue weighted by Gasteiger charge is -2.06. The van der Waals surface area contributed by atoms with Gasteiger partial charge >= 0.3 is 0 Å². The second-order valence-corrected chi connectivity index (χ2v) is 6.04. The van der Waals surface area contributed by atoms with Gasteiger partial charge in [0.15, 0.2) is 6.01 Å². The molecule has 0 aromatic heterocycles. The number of benzene rings is 1. The van der Waals surface area contributed by atoms with Crippen LogP contribution in [0.5, 0.6) is 0 Å². The normalized spacial score (nSPS) is 11.7. The largest absolute Gasteiger partial charge is 0.330 e. The van der Waals surface area contributed by atoms with Gasteiger partial charge in [0.05, 0.1) is 4.90 Å². The van der Waals surface area contributed by atoms with Gasteiger partial charge < -0.3 is 5.73 Å². The molecule has 17 heavy (non-hydrogen) atoms. The van der Waals surface area contributed by atoms with Gasteiger partial charge in [-0.25, -0.2) is 12.8 Å². The molecule has 1 aromatic carbocycles. The van der Waals surface area contributed by atoms with Crippen molar-refractivity contribution < 1.29 is 12.8 Å². The van der Waals surface area contributed by atoms with Crippen LogP contribution in [-0.2, 0) is 16.3 Å². The lowest BCUT2D eigenvalue weighted by molar-refractivity contribution is 0.534. The maximum Gasteiger partial charge on any atom is 0.207 e. The molecule has 1 rings (SSSR count). The van der Waals surface area contributed by atoms with E-state index < -0.39 is 15.8 Å². The maximum absolute atomic E-state index is 12.4. The van der Waals surface area contributed by atoms with Crippen molar-refractivity contribution >= 4 is 9.84 Å². The van der Waals surface area contributed by atoms with Crippen molar-refractivity contribution in [2.45, 2.75) is 31.1 Å². The lowest BCUT2D eigenvalue weighted by atomic mass is 10.1. The molecule has 0 amide bonds. The summed E-state index contributed by atoms with van der Waals surface area (Å²) < 4.78 is 35.3. The molecule has 0 spiro atoms. The summed E-state index contributed by atoms with van der Waals surface area (Å²) in [7, 11) is -3.77. The molecule has 0 aliphatic rings. The topological polar surface area (TPSA) is 60.2 Å². The second kappa shape index (κ2) is 6.12. The first-order valence-corrected chi connectivity index (χ1v) is 7.24. The minimum Gasteiger partial charge on any atom is -0.330 e. The van der Waals surface area contributed by atoms with Crippen LogP contribution in [0.15, 0.2) is 23.1 Å². The first-order chi connectivity index (χ1) is 7.99. The molecule has 0 saturated heterocycles. The fourth-order valence-electron chi connectivity index (χ4n) is 1.68. The second-order valence-electron chi connectivity index (χ2n) is 4.12. The van der Waals surface area contributed by atoms with E-state index in [-0.39, 0.29) is 4.90 Å². The minimum absolute atomic E-state index is 0.0720. The minimum atomic E-state index is -3.77. The third-order valence-electron chi connectivity index (χ3n) is 2.53. The van der Waals surface area contributed by atoms with Crippen LogP contribution in [0.1, 0.15) is 24.0 Å². The molecular formula is C12H18FNO2S. The van der Waals surface area contributed by atoms with E-state index in [0.29, 0.717) is 6.54 Å². The van der Waals surface area contributed by atoms with E-state index >= 15 is 0 Å². The number of rotatable bonds is 6. The first kappa shape index (κ1) is 14.1. The SMILES string of the molecule is Cc1cc(CCCCN)cc(S(=O)(=O)CF)c1. The van der Waals surface area contributed by atoms with Crippen LogP contribution in [0.4, 0.5) is 4.39 Å². The first-order valence-electron chi connectivity index (χ1n) is 5.59. The standard InChI is InChI=1S/C12H18FNO2S/c1-10-6-11(4-2-3-5-14)8-12(7-10)17(15,16)9-13/h6-8H,2-5,9,14H2,1H3. The van der Waals surface area contributed by atoms with Crippen LogP contribution < -0.4 is 5.73 Å². The van der Waals surface area contributed by atoms with Gasteiger partial charge in [0.1, 0.15) is 0 Å². The highest BCUT2D eigenvalue weighted by Crippen LogP contribution is 2.18. The summed E-state index contributed by atoms with van der Waals surface area (Å²) >= 11 is 0. The number of alkyl halides is 1. The monoisotopic (exact) mass is 259 g/mol. The molecule has 0 heterocycles. The predicted molar refractivity (Wildman–Crippen MR) is 66.3 cm³/mol. The Bertz CT molecular complexity index is 471. The highest BCUT2D eigenvalue weighted by atomic mass is 32.2. The molecule has 0 atom stereocenters. The molecule has 96 valence electrons. The molecule has 0 unspecified atom stereocenters. The van der Waals surface area contributed by atoms with Crippen molar-refractivity contribution in [3.05, 3.63) is 29.3 Å². The maximum atomic E-state index is 12.4. The number of hydrogen-bond acceptors (Lipinski definition) is 3. The summed E-state index contributed by atoms with van der Waals surface area (Å²) in [6, 6.07) is 3.63. The molecule has 0 fully saturated rings. The Kier molecular flexibility index (Phi) is 5.08. The third kappa shape index (κ3) is 4.09. The van der Waals surface area contributed by atoms with E-state index in [1.54, 1.807) is 6.07 Å². The van der Waals surface area contributed by atoms with Gasteiger partial charge in [-0.1, -0.05) is 6.07 Å². The molecule has 0 aliphatic carbocycles. The quantitative estimate of drug-likeness (QED) is 0.795. The van der Waals surface area contributed by atoms with Gasteiger partial charge in [0.2, 0.25) is 9.84 Å². The Balaban J connectivity index is 2.95. The van der Waals surface area contributed by atoms with Crippen LogP contribution in [0, 0.1) is 6.92 Å². The molecule has 0 radical (unpaired) electrons. The van der Waals surface area contributed by atoms with E-state index in [9.17, 15) is 12.8 Å². The predicted octanol–water partition coefficient (Wildman–Crippen LogP) is 1.98. The molecule has 2 N–H and O–H groups in total. The van der Waals surface area contributed by atoms with Crippen LogP contribution in [0.3, 0.4) is 0 Å². The number of halogens is 1. The molecule has 3 nitrogen and oxygen atoms in total. The Morgan fingerprint density at radius 1 is 1.24 bits per heavy atom. The third-order valence-corrected chi connectivity index (χ3v) is 3.77. The van der Waals surface area contributed by atoms with Gasteiger partial charge in [0, 0.05) is 0 Å². The zero-order chi connectivity index (χ0) is 12.9. The van der Waals surface area contributed by atoms with Crippen molar-refractivity contribution in [3.8, 4) is 0 Å². The Morgan fingerprint density at radius 2 is 1.94 bits per heavy atom. The van der Waals surface area contributed by atoms with E-state index in [1.807, 2.05) is 13.0 Å². The average Bonchev–Trinajstić information content (AvgIpc) is 2.29. The molecule has 0 bridgehead atoms. The lowest BCUT2D eigenvalue weighted by Crippen LogP contribution is -2.04. The Morgan fingerprint density at radius 3 is 2.53 bits per heavy atom. The van der Waals surface area contributed by atoms with Crippen LogP contribution in [0.2, 0.25) is 0 Å². The smallest absolute Gasteiger partial charge is 0.207 e. The average molecular weight is 259 g/mol. The van der Waals surface area contributed by atoms with Gasteiger partial charge in [-0.2, -0.15) is 0 Å². The zero-order valence-corrected chi connectivity index (χ0v) is 10.8. The van der Waals surface area contributed by atoms with Gasteiger partial charge in [-0.3, -0.25) is 0 Å². The molecule has 5 heteroatoms. The fraction of sp³-hybridized carbons (Fsp3) is 0.500. The summed E-state index contributed by atoms with van der Waals surface area (Å²) in [6.45, 7) is 2.44. The van der Waals surface area contributed by atoms with Crippen LogP contribution in [-0.4, -0.2) is 21.0 Å². The Labute approximate surface area is 102 Å². The summed E-state index contributed by atoms with van der Waals surface area (Å²) in [4.78, 5) is 0.0720. The van der Waals surface area contributed by atoms with Gasteiger partial charge in [0.25, 0.3) is 0 Å². The number of sulfone groups is 1. The van der Waals surface area contributed by atoms with Gasteiger partial charge in [-0.05, 0) is 56.0 Å². The van der Waals surface area contributed by atoms with Crippen molar-refractivity contribution in [1.29, 1.82) is 0 Å². The van der Waals surface area contributed by atoms with E-state index in [0.717, 1.165) is 30.4 Å². The van der Waals surface area contributed by atoms with E-state index in [1.165, 1.54) is 6.07 Å². The Hall–Kier alpha value is -0.940. The number of hydrogen-bond donors (Lipinski definition) is 1. The number of aryl methyl sites for hydroxylation is 2. The highest BCUT2D eigenvalue weighted by Gasteiger charge is 2.14. The van der Waals surface area contributed by atoms with Gasteiger partial charge in [-0.15, -0.1) is 0 Å². The van der Waals surface area contributed by atoms with E-state index in [4.69, 9.17) is 5.73 Å². The summed E-state index contributed by atoms with van der Waals surface area (Å²) in [5.74, 6) is 0. The van der Waals surface area contributed by atoms with Crippen molar-refractivity contribution in [1.82, 2.24) is 0 Å². The summed E-state index contributed by atoms with van der Waals surface area (Å²) in [5.41, 5.74) is 7.15. The summed E-state index contributed by atoms with van der Waals surface area (Å²) in [5, 5.41) is 0. The number of nitrogens with two attached hydrogens (primary N) is 1. The van der Waals surface area contributed by atoms with Crippen LogP contribution in [0.25, 0.3) is 0 Å². The van der Waals surface area contributed by atoms with Crippen LogP contribution >= 0.6 is 0 Å². The number of unbranched alkanes of at least 4 members (excludes halogenated alkanes) is 1. The highest BCUT2D eigenvalue weighted by molar-refractivity contribution is 7.91. The zero-order valence-electron chi connectivity index (χ0n) is 9.95. The molecular weight excluding hydrogens is 241 g/mol. The van der Waals surface area contributed by atoms with Crippen molar-refractivity contribution in [3.63, 3.8) is 0 Å².